The molecule has 0 radical (unpaired) electrons. The lowest BCUT2D eigenvalue weighted by Gasteiger charge is -2.18. The van der Waals surface area contributed by atoms with Crippen molar-refractivity contribution >= 4 is 28.8 Å². The van der Waals surface area contributed by atoms with Crippen LogP contribution in [0.4, 0.5) is 0 Å². The molecule has 1 aromatic heterocycles. The zero-order valence-electron chi connectivity index (χ0n) is 16.5. The van der Waals surface area contributed by atoms with Crippen LogP contribution in [-0.2, 0) is 0 Å². The fourth-order valence-electron chi connectivity index (χ4n) is 3.74. The summed E-state index contributed by atoms with van der Waals surface area (Å²) >= 11 is 1.68. The minimum absolute atomic E-state index is 0.120. The first kappa shape index (κ1) is 20.3. The molecular formula is C24H32O2S. The summed E-state index contributed by atoms with van der Waals surface area (Å²) in [6, 6.07) is 7.53. The smallest absolute Gasteiger partial charge is 0.206 e. The maximum atomic E-state index is 12.7. The molecule has 0 saturated carbocycles. The molecule has 0 bridgehead atoms. The molecule has 0 fully saturated rings. The topological polar surface area (TPSA) is 30.2 Å². The minimum Gasteiger partial charge on any atom is -0.455 e. The number of benzene rings is 1. The predicted molar refractivity (Wildman–Crippen MR) is 118 cm³/mol. The summed E-state index contributed by atoms with van der Waals surface area (Å²) in [6.07, 6.45) is 19.0. The van der Waals surface area contributed by atoms with E-state index >= 15 is 0 Å². The standard InChI is InChI=1S/C24H32O2S/c1-2-3-4-5-6-7-8-9-10-11-14-19-17-18-22-24(27-19)23(25)20-15-12-13-16-21(20)26-22/h12-13,15-19H,2-11,14H2,1H3. The van der Waals surface area contributed by atoms with Gasteiger partial charge in [-0.15, -0.1) is 11.8 Å². The van der Waals surface area contributed by atoms with Gasteiger partial charge < -0.3 is 4.42 Å². The molecule has 1 atom stereocenters. The van der Waals surface area contributed by atoms with E-state index in [1.54, 1.807) is 11.8 Å². The Morgan fingerprint density at radius 1 is 0.926 bits per heavy atom. The zero-order chi connectivity index (χ0) is 18.9. The number of rotatable bonds is 11. The molecule has 3 rings (SSSR count). The van der Waals surface area contributed by atoms with E-state index in [4.69, 9.17) is 4.42 Å². The summed E-state index contributed by atoms with van der Waals surface area (Å²) < 4.78 is 5.91. The van der Waals surface area contributed by atoms with Crippen LogP contribution in [-0.4, -0.2) is 5.25 Å². The van der Waals surface area contributed by atoms with Gasteiger partial charge >= 0.3 is 0 Å². The monoisotopic (exact) mass is 384 g/mol. The van der Waals surface area contributed by atoms with Gasteiger partial charge in [0.2, 0.25) is 5.43 Å². The van der Waals surface area contributed by atoms with E-state index in [0.717, 1.165) is 17.1 Å². The number of para-hydroxylation sites is 1. The summed E-state index contributed by atoms with van der Waals surface area (Å²) in [7, 11) is 0. The Labute approximate surface area is 167 Å². The predicted octanol–water partition coefficient (Wildman–Crippen LogP) is 7.59. The summed E-state index contributed by atoms with van der Waals surface area (Å²) in [4.78, 5) is 13.5. The first-order valence-corrected chi connectivity index (χ1v) is 11.6. The van der Waals surface area contributed by atoms with Gasteiger partial charge in [0.25, 0.3) is 0 Å². The molecule has 1 aliphatic heterocycles. The van der Waals surface area contributed by atoms with E-state index in [1.807, 2.05) is 30.3 Å². The summed E-state index contributed by atoms with van der Waals surface area (Å²) in [5.41, 5.74) is 0.800. The molecule has 0 saturated heterocycles. The van der Waals surface area contributed by atoms with Crippen molar-refractivity contribution in [1.82, 2.24) is 0 Å². The molecule has 0 amide bonds. The van der Waals surface area contributed by atoms with Gasteiger partial charge in [-0.25, -0.2) is 0 Å². The van der Waals surface area contributed by atoms with Crippen LogP contribution in [0.1, 0.15) is 83.3 Å². The molecule has 1 aliphatic rings. The average molecular weight is 385 g/mol. The second-order valence-electron chi connectivity index (χ2n) is 7.61. The average Bonchev–Trinajstić information content (AvgIpc) is 2.70. The van der Waals surface area contributed by atoms with E-state index in [2.05, 4.69) is 13.0 Å². The molecule has 2 nitrogen and oxygen atoms in total. The van der Waals surface area contributed by atoms with Crippen LogP contribution in [0, 0.1) is 0 Å². The van der Waals surface area contributed by atoms with E-state index in [0.29, 0.717) is 16.2 Å². The van der Waals surface area contributed by atoms with Crippen LogP contribution in [0.3, 0.4) is 0 Å². The quantitative estimate of drug-likeness (QED) is 0.374. The van der Waals surface area contributed by atoms with Crippen molar-refractivity contribution in [3.63, 3.8) is 0 Å². The first-order chi connectivity index (χ1) is 13.3. The maximum absolute atomic E-state index is 12.7. The Hall–Kier alpha value is -1.48. The molecule has 0 aliphatic carbocycles. The third kappa shape index (κ3) is 5.75. The fourth-order valence-corrected chi connectivity index (χ4v) is 4.92. The van der Waals surface area contributed by atoms with Crippen molar-refractivity contribution < 1.29 is 4.42 Å². The summed E-state index contributed by atoms with van der Waals surface area (Å²) in [5, 5.41) is 1.09. The Bertz CT molecular complexity index is 806. The van der Waals surface area contributed by atoms with Crippen molar-refractivity contribution in [3.8, 4) is 0 Å². The normalized spacial score (nSPS) is 16.0. The van der Waals surface area contributed by atoms with Crippen LogP contribution in [0.2, 0.25) is 0 Å². The Morgan fingerprint density at radius 3 is 2.33 bits per heavy atom. The van der Waals surface area contributed by atoms with E-state index in [9.17, 15) is 4.79 Å². The lowest BCUT2D eigenvalue weighted by Crippen LogP contribution is -2.12. The van der Waals surface area contributed by atoms with Gasteiger partial charge in [0, 0.05) is 5.25 Å². The third-order valence-electron chi connectivity index (χ3n) is 5.36. The molecule has 1 unspecified atom stereocenters. The Kier molecular flexibility index (Phi) is 8.07. The lowest BCUT2D eigenvalue weighted by atomic mass is 10.0. The molecule has 0 spiro atoms. The van der Waals surface area contributed by atoms with Crippen LogP contribution >= 0.6 is 11.8 Å². The molecule has 27 heavy (non-hydrogen) atoms. The number of fused-ring (bicyclic) bond motifs is 2. The van der Waals surface area contributed by atoms with Gasteiger partial charge in [-0.05, 0) is 24.6 Å². The highest BCUT2D eigenvalue weighted by Crippen LogP contribution is 2.35. The molecule has 146 valence electrons. The van der Waals surface area contributed by atoms with Crippen molar-refractivity contribution in [2.45, 2.75) is 87.7 Å². The fraction of sp³-hybridized carbons (Fsp3) is 0.542. The molecule has 1 aromatic carbocycles. The van der Waals surface area contributed by atoms with E-state index in [1.165, 1.54) is 64.2 Å². The highest BCUT2D eigenvalue weighted by Gasteiger charge is 2.20. The molecule has 2 heterocycles. The number of hydrogen-bond acceptors (Lipinski definition) is 3. The first-order valence-electron chi connectivity index (χ1n) is 10.7. The zero-order valence-corrected chi connectivity index (χ0v) is 17.4. The summed E-state index contributed by atoms with van der Waals surface area (Å²) in [6.45, 7) is 2.27. The Balaban J connectivity index is 1.40. The van der Waals surface area contributed by atoms with Crippen LogP contribution in [0.15, 0.2) is 44.4 Å². The van der Waals surface area contributed by atoms with Gasteiger partial charge in [-0.1, -0.05) is 89.3 Å². The lowest BCUT2D eigenvalue weighted by molar-refractivity contribution is 0.550. The molecule has 2 aromatic rings. The van der Waals surface area contributed by atoms with Crippen molar-refractivity contribution in [2.75, 3.05) is 0 Å². The van der Waals surface area contributed by atoms with Gasteiger partial charge in [-0.2, -0.15) is 0 Å². The molecular weight excluding hydrogens is 352 g/mol. The Morgan fingerprint density at radius 2 is 1.59 bits per heavy atom. The highest BCUT2D eigenvalue weighted by molar-refractivity contribution is 8.00. The van der Waals surface area contributed by atoms with Gasteiger partial charge in [-0.3, -0.25) is 4.79 Å². The van der Waals surface area contributed by atoms with Gasteiger partial charge in [0.15, 0.2) is 0 Å². The number of unbranched alkanes of at least 4 members (excludes halogenated alkanes) is 9. The number of thioether (sulfide) groups is 1. The van der Waals surface area contributed by atoms with Crippen molar-refractivity contribution in [1.29, 1.82) is 0 Å². The van der Waals surface area contributed by atoms with Crippen molar-refractivity contribution in [3.05, 3.63) is 46.3 Å². The van der Waals surface area contributed by atoms with Crippen LogP contribution in [0.5, 0.6) is 0 Å². The van der Waals surface area contributed by atoms with E-state index < -0.39 is 0 Å². The van der Waals surface area contributed by atoms with E-state index in [-0.39, 0.29) is 5.43 Å². The van der Waals surface area contributed by atoms with Crippen LogP contribution in [0.25, 0.3) is 17.0 Å². The third-order valence-corrected chi connectivity index (χ3v) is 6.67. The van der Waals surface area contributed by atoms with Crippen molar-refractivity contribution in [2.24, 2.45) is 0 Å². The second kappa shape index (κ2) is 10.8. The second-order valence-corrected chi connectivity index (χ2v) is 8.86. The minimum atomic E-state index is 0.120. The molecule has 3 heteroatoms. The summed E-state index contributed by atoms with van der Waals surface area (Å²) in [5.74, 6) is 0.725. The highest BCUT2D eigenvalue weighted by atomic mass is 32.2. The molecule has 0 N–H and O–H groups in total. The number of hydrogen-bond donors (Lipinski definition) is 0. The van der Waals surface area contributed by atoms with Gasteiger partial charge in [0.05, 0.1) is 10.3 Å². The van der Waals surface area contributed by atoms with Gasteiger partial charge in [0.1, 0.15) is 11.3 Å². The SMILES string of the molecule is CCCCCCCCCCCCC1C=Cc2oc3ccccc3c(=O)c2S1. The maximum Gasteiger partial charge on any atom is 0.206 e. The largest absolute Gasteiger partial charge is 0.455 e. The van der Waals surface area contributed by atoms with Crippen LogP contribution < -0.4 is 5.43 Å².